The highest BCUT2D eigenvalue weighted by Crippen LogP contribution is 2.32. The molecule has 2 saturated heterocycles. The Bertz CT molecular complexity index is 1730. The van der Waals surface area contributed by atoms with Crippen molar-refractivity contribution >= 4 is 50.2 Å². The quantitative estimate of drug-likeness (QED) is 0.307. The topological polar surface area (TPSA) is 118 Å². The van der Waals surface area contributed by atoms with Gasteiger partial charge in [-0.15, -0.1) is 0 Å². The van der Waals surface area contributed by atoms with Crippen LogP contribution in [-0.4, -0.2) is 89.1 Å². The van der Waals surface area contributed by atoms with E-state index >= 15 is 0 Å². The predicted molar refractivity (Wildman–Crippen MR) is 171 cm³/mol. The van der Waals surface area contributed by atoms with Crippen molar-refractivity contribution in [2.45, 2.75) is 31.7 Å². The molecule has 1 aromatic heterocycles. The zero-order valence-corrected chi connectivity index (χ0v) is 26.1. The van der Waals surface area contributed by atoms with Crippen molar-refractivity contribution in [3.8, 4) is 0 Å². The second-order valence-corrected chi connectivity index (χ2v) is 12.6. The first-order chi connectivity index (χ1) is 21.6. The number of nitrogens with zero attached hydrogens (tertiary/aromatic N) is 6. The molecule has 2 aliphatic rings. The number of hydrazine groups is 1. The summed E-state index contributed by atoms with van der Waals surface area (Å²) in [5.41, 5.74) is 10.3. The molecule has 2 aliphatic heterocycles. The summed E-state index contributed by atoms with van der Waals surface area (Å²) in [6.07, 6.45) is -0.240. The van der Waals surface area contributed by atoms with E-state index in [-0.39, 0.29) is 43.8 Å². The molecule has 13 heteroatoms. The maximum atomic E-state index is 14.2. The molecule has 0 saturated carbocycles. The molecule has 2 atom stereocenters. The molecule has 3 heterocycles. The molecule has 45 heavy (non-hydrogen) atoms. The summed E-state index contributed by atoms with van der Waals surface area (Å²) in [5, 5.41) is 6.39. The van der Waals surface area contributed by atoms with Crippen molar-refractivity contribution in [3.05, 3.63) is 89.2 Å². The largest absolute Gasteiger partial charge is 0.378 e. The average Bonchev–Trinajstić information content (AvgIpc) is 3.57. The smallest absolute Gasteiger partial charge is 0.332 e. The minimum absolute atomic E-state index is 0.0550. The highest BCUT2D eigenvalue weighted by molar-refractivity contribution is 7.22. The van der Waals surface area contributed by atoms with Gasteiger partial charge in [-0.3, -0.25) is 14.6 Å². The van der Waals surface area contributed by atoms with Crippen LogP contribution in [0.5, 0.6) is 0 Å². The summed E-state index contributed by atoms with van der Waals surface area (Å²) < 4.78 is 14.3. The van der Waals surface area contributed by atoms with Gasteiger partial charge in [-0.1, -0.05) is 47.7 Å². The molecule has 234 valence electrons. The maximum absolute atomic E-state index is 14.2. The number of carbonyl (C=O) groups is 3. The summed E-state index contributed by atoms with van der Waals surface area (Å²) in [6, 6.07) is 18.4. The summed E-state index contributed by atoms with van der Waals surface area (Å²) in [4.78, 5) is 50.9. The number of nitrogens with two attached hydrogens (primary N) is 1. The summed E-state index contributed by atoms with van der Waals surface area (Å²) in [7, 11) is 5.52. The Morgan fingerprint density at radius 1 is 1.04 bits per heavy atom. The molecule has 0 aliphatic carbocycles. The highest BCUT2D eigenvalue weighted by atomic mass is 32.1. The lowest BCUT2D eigenvalue weighted by Crippen LogP contribution is -2.65. The number of rotatable bonds is 8. The van der Waals surface area contributed by atoms with E-state index in [1.165, 1.54) is 28.5 Å². The zero-order chi connectivity index (χ0) is 31.8. The zero-order valence-electron chi connectivity index (χ0n) is 25.3. The molecule has 0 radical (unpaired) electrons. The lowest BCUT2D eigenvalue weighted by atomic mass is 9.99. The third-order valence-corrected chi connectivity index (χ3v) is 9.21. The monoisotopic (exact) mass is 630 g/mol. The predicted octanol–water partition coefficient (Wildman–Crippen LogP) is 3.26. The van der Waals surface area contributed by atoms with Gasteiger partial charge in [0.25, 0.3) is 0 Å². The van der Waals surface area contributed by atoms with Crippen molar-refractivity contribution in [1.29, 1.82) is 0 Å². The van der Waals surface area contributed by atoms with Gasteiger partial charge >= 0.3 is 6.03 Å². The Labute approximate surface area is 264 Å². The number of halogens is 1. The van der Waals surface area contributed by atoms with Gasteiger partial charge in [0.15, 0.2) is 5.13 Å². The SMILES string of the molecule is CN(C)c1ccc(C[C@H]2C(=O)N(Cc3cccc4sc(N)nc34)C[C@H]3N2C(=O)CN3N(C)C(=O)NCc2ccc(F)cc2)cc1. The summed E-state index contributed by atoms with van der Waals surface area (Å²) >= 11 is 1.39. The number of benzene rings is 3. The number of urea groups is 1. The first-order valence-corrected chi connectivity index (χ1v) is 15.4. The molecular formula is C32H35FN8O3S. The van der Waals surface area contributed by atoms with Crippen LogP contribution in [0.3, 0.4) is 0 Å². The third kappa shape index (κ3) is 6.13. The number of anilines is 2. The van der Waals surface area contributed by atoms with Crippen molar-refractivity contribution < 1.29 is 18.8 Å². The molecule has 0 unspecified atom stereocenters. The van der Waals surface area contributed by atoms with E-state index in [0.717, 1.165) is 32.6 Å². The van der Waals surface area contributed by atoms with Crippen LogP contribution >= 0.6 is 11.3 Å². The molecule has 0 spiro atoms. The number of hydrogen-bond donors (Lipinski definition) is 2. The van der Waals surface area contributed by atoms with Gasteiger partial charge in [-0.2, -0.15) is 5.01 Å². The van der Waals surface area contributed by atoms with Crippen molar-refractivity contribution in [3.63, 3.8) is 0 Å². The number of nitrogen functional groups attached to an aromatic ring is 1. The summed E-state index contributed by atoms with van der Waals surface area (Å²) in [6.45, 7) is 0.617. The molecule has 3 N–H and O–H groups in total. The van der Waals surface area contributed by atoms with Crippen LogP contribution in [0.1, 0.15) is 16.7 Å². The van der Waals surface area contributed by atoms with Crippen LogP contribution in [-0.2, 0) is 29.1 Å². The van der Waals surface area contributed by atoms with Crippen LogP contribution in [0.15, 0.2) is 66.7 Å². The first kappa shape index (κ1) is 30.3. The number of hydrogen-bond acceptors (Lipinski definition) is 8. The van der Waals surface area contributed by atoms with Crippen LogP contribution in [0, 0.1) is 5.82 Å². The molecule has 0 bridgehead atoms. The van der Waals surface area contributed by atoms with E-state index in [0.29, 0.717) is 11.6 Å². The number of aromatic nitrogens is 1. The fourth-order valence-electron chi connectivity index (χ4n) is 5.97. The summed E-state index contributed by atoms with van der Waals surface area (Å²) in [5.74, 6) is -0.746. The van der Waals surface area contributed by atoms with Crippen LogP contribution in [0.4, 0.5) is 20.0 Å². The molecular weight excluding hydrogens is 595 g/mol. The lowest BCUT2D eigenvalue weighted by molar-refractivity contribution is -0.157. The van der Waals surface area contributed by atoms with E-state index in [9.17, 15) is 18.8 Å². The fourth-order valence-corrected chi connectivity index (χ4v) is 6.75. The standard InChI is InChI=1S/C32H35FN8O3S/c1-37(2)24-13-9-20(10-14-24)15-25-30(43)39(17-22-5-4-6-26-29(22)36-31(34)45-26)18-27-40(19-28(42)41(25)27)38(3)32(44)35-16-21-7-11-23(33)12-8-21/h4-14,25,27H,15-19H2,1-3H3,(H2,34,36)(H,35,44)/t25-,27+/m0/s1. The van der Waals surface area contributed by atoms with Gasteiger partial charge in [0.05, 0.1) is 23.3 Å². The Kier molecular flexibility index (Phi) is 8.30. The van der Waals surface area contributed by atoms with Crippen molar-refractivity contribution in [2.75, 3.05) is 44.9 Å². The van der Waals surface area contributed by atoms with Gasteiger partial charge in [0.1, 0.15) is 18.0 Å². The number of para-hydroxylation sites is 1. The fraction of sp³-hybridized carbons (Fsp3) is 0.312. The molecule has 4 aromatic rings. The Morgan fingerprint density at radius 3 is 2.47 bits per heavy atom. The third-order valence-electron chi connectivity index (χ3n) is 8.36. The molecule has 6 rings (SSSR count). The van der Waals surface area contributed by atoms with Gasteiger partial charge in [-0.25, -0.2) is 14.2 Å². The van der Waals surface area contributed by atoms with Crippen LogP contribution in [0.2, 0.25) is 0 Å². The van der Waals surface area contributed by atoms with E-state index in [2.05, 4.69) is 10.3 Å². The molecule has 4 amide bonds. The number of fused-ring (bicyclic) bond motifs is 2. The number of amides is 4. The second kappa shape index (κ2) is 12.3. The van der Waals surface area contributed by atoms with Gasteiger partial charge in [0, 0.05) is 46.3 Å². The van der Waals surface area contributed by atoms with E-state index in [1.54, 1.807) is 34.0 Å². The number of thiazole rings is 1. The Hall–Kier alpha value is -4.75. The van der Waals surface area contributed by atoms with Gasteiger partial charge < -0.3 is 25.8 Å². The van der Waals surface area contributed by atoms with Gasteiger partial charge in [-0.05, 0) is 47.0 Å². The minimum atomic E-state index is -0.762. The normalized spacial score (nSPS) is 18.4. The molecule has 11 nitrogen and oxygen atoms in total. The minimum Gasteiger partial charge on any atom is -0.378 e. The van der Waals surface area contributed by atoms with E-state index < -0.39 is 18.2 Å². The lowest BCUT2D eigenvalue weighted by Gasteiger charge is -2.45. The Morgan fingerprint density at radius 2 is 1.76 bits per heavy atom. The van der Waals surface area contributed by atoms with Gasteiger partial charge in [0.2, 0.25) is 11.8 Å². The average molecular weight is 631 g/mol. The van der Waals surface area contributed by atoms with Crippen LogP contribution in [0.25, 0.3) is 10.2 Å². The number of piperazine rings is 1. The molecule has 2 fully saturated rings. The van der Waals surface area contributed by atoms with Crippen molar-refractivity contribution in [1.82, 2.24) is 30.1 Å². The first-order valence-electron chi connectivity index (χ1n) is 14.6. The van der Waals surface area contributed by atoms with E-state index in [4.69, 9.17) is 5.73 Å². The van der Waals surface area contributed by atoms with Crippen molar-refractivity contribution in [2.24, 2.45) is 0 Å². The number of carbonyl (C=O) groups excluding carboxylic acids is 3. The van der Waals surface area contributed by atoms with E-state index in [1.807, 2.05) is 61.5 Å². The maximum Gasteiger partial charge on any atom is 0.332 e. The number of nitrogens with one attached hydrogen (secondary N) is 1. The highest BCUT2D eigenvalue weighted by Gasteiger charge is 2.51. The Balaban J connectivity index is 1.27. The molecule has 3 aromatic carbocycles. The van der Waals surface area contributed by atoms with Crippen LogP contribution < -0.4 is 16.0 Å². The second-order valence-electron chi connectivity index (χ2n) is 11.5.